The van der Waals surface area contributed by atoms with Gasteiger partial charge in [-0.3, -0.25) is 9.36 Å². The van der Waals surface area contributed by atoms with Crippen LogP contribution in [0.4, 0.5) is 5.69 Å². The summed E-state index contributed by atoms with van der Waals surface area (Å²) >= 11 is 0. The van der Waals surface area contributed by atoms with Crippen LogP contribution >= 0.6 is 0 Å². The lowest BCUT2D eigenvalue weighted by Crippen LogP contribution is -2.27. The molecule has 0 aliphatic heterocycles. The maximum absolute atomic E-state index is 12.3. The zero-order valence-electron chi connectivity index (χ0n) is 13.9. The molecule has 0 spiro atoms. The number of aromatic amines is 1. The van der Waals surface area contributed by atoms with E-state index in [2.05, 4.69) is 30.9 Å². The first-order valence-electron chi connectivity index (χ1n) is 7.72. The molecule has 2 heterocycles. The molecule has 0 saturated carbocycles. The number of aromatic nitrogens is 6. The molecule has 25 heavy (non-hydrogen) atoms. The maximum Gasteiger partial charge on any atom is 0.347 e. The highest BCUT2D eigenvalue weighted by Crippen LogP contribution is 2.23. The smallest absolute Gasteiger partial charge is 0.325 e. The second-order valence-corrected chi connectivity index (χ2v) is 5.55. The summed E-state index contributed by atoms with van der Waals surface area (Å²) in [6.07, 6.45) is 0.145. The predicted molar refractivity (Wildman–Crippen MR) is 90.8 cm³/mol. The summed E-state index contributed by atoms with van der Waals surface area (Å²) in [5.74, 6) is 0.175. The SMILES string of the molecule is Cc1cc(C)n(CCC(=O)Nc2ccccc2-c2nn[nH]n2)c(=O)n1. The van der Waals surface area contributed by atoms with Crippen LogP contribution in [0.5, 0.6) is 0 Å². The van der Waals surface area contributed by atoms with Crippen molar-refractivity contribution in [3.8, 4) is 11.4 Å². The number of hydrogen-bond acceptors (Lipinski definition) is 6. The van der Waals surface area contributed by atoms with Crippen molar-refractivity contribution in [2.75, 3.05) is 5.32 Å². The lowest BCUT2D eigenvalue weighted by atomic mass is 10.1. The molecule has 0 radical (unpaired) electrons. The van der Waals surface area contributed by atoms with Gasteiger partial charge in [-0.15, -0.1) is 10.2 Å². The highest BCUT2D eigenvalue weighted by atomic mass is 16.2. The van der Waals surface area contributed by atoms with Crippen LogP contribution in [0.15, 0.2) is 35.1 Å². The molecule has 2 aromatic heterocycles. The Kier molecular flexibility index (Phi) is 4.64. The second-order valence-electron chi connectivity index (χ2n) is 5.55. The Balaban J connectivity index is 1.72. The van der Waals surface area contributed by atoms with Crippen LogP contribution in [0.3, 0.4) is 0 Å². The van der Waals surface area contributed by atoms with Gasteiger partial charge in [0.1, 0.15) is 0 Å². The van der Waals surface area contributed by atoms with E-state index in [0.29, 0.717) is 22.8 Å². The van der Waals surface area contributed by atoms with E-state index in [1.165, 1.54) is 4.57 Å². The molecule has 2 N–H and O–H groups in total. The lowest BCUT2D eigenvalue weighted by molar-refractivity contribution is -0.116. The Hall–Kier alpha value is -3.36. The fraction of sp³-hybridized carbons (Fsp3) is 0.250. The molecule has 0 fully saturated rings. The number of tetrazole rings is 1. The van der Waals surface area contributed by atoms with E-state index in [1.54, 1.807) is 25.1 Å². The van der Waals surface area contributed by atoms with Gasteiger partial charge in [0, 0.05) is 29.9 Å². The van der Waals surface area contributed by atoms with Crippen molar-refractivity contribution in [3.05, 3.63) is 52.2 Å². The lowest BCUT2D eigenvalue weighted by Gasteiger charge is -2.11. The molecule has 9 heteroatoms. The van der Waals surface area contributed by atoms with E-state index < -0.39 is 0 Å². The summed E-state index contributed by atoms with van der Waals surface area (Å²) in [5.41, 5.74) is 2.34. The molecular formula is C16H17N7O2. The summed E-state index contributed by atoms with van der Waals surface area (Å²) < 4.78 is 1.48. The van der Waals surface area contributed by atoms with Crippen LogP contribution in [0.1, 0.15) is 17.8 Å². The number of hydrogen-bond donors (Lipinski definition) is 2. The van der Waals surface area contributed by atoms with Crippen molar-refractivity contribution >= 4 is 11.6 Å². The standard InChI is InChI=1S/C16H17N7O2/c1-10-9-11(2)23(16(25)17-10)8-7-14(24)18-13-6-4-3-5-12(13)15-19-21-22-20-15/h3-6,9H,7-8H2,1-2H3,(H,18,24)(H,19,20,21,22). The van der Waals surface area contributed by atoms with Crippen LogP contribution < -0.4 is 11.0 Å². The summed E-state index contributed by atoms with van der Waals surface area (Å²) in [6.45, 7) is 3.84. The number of H-pyrrole nitrogens is 1. The van der Waals surface area contributed by atoms with E-state index in [0.717, 1.165) is 5.69 Å². The van der Waals surface area contributed by atoms with Gasteiger partial charge in [-0.2, -0.15) is 10.2 Å². The van der Waals surface area contributed by atoms with Crippen molar-refractivity contribution in [2.45, 2.75) is 26.8 Å². The molecule has 0 saturated heterocycles. The maximum atomic E-state index is 12.3. The Labute approximate surface area is 143 Å². The van der Waals surface area contributed by atoms with Gasteiger partial charge in [-0.1, -0.05) is 12.1 Å². The minimum atomic E-state index is -0.350. The van der Waals surface area contributed by atoms with Crippen molar-refractivity contribution < 1.29 is 4.79 Å². The van der Waals surface area contributed by atoms with Gasteiger partial charge < -0.3 is 5.32 Å². The molecule has 0 aliphatic rings. The van der Waals surface area contributed by atoms with E-state index in [-0.39, 0.29) is 24.6 Å². The molecular weight excluding hydrogens is 322 g/mol. The highest BCUT2D eigenvalue weighted by molar-refractivity contribution is 5.94. The first-order chi connectivity index (χ1) is 12.0. The van der Waals surface area contributed by atoms with Crippen LogP contribution in [-0.2, 0) is 11.3 Å². The highest BCUT2D eigenvalue weighted by Gasteiger charge is 2.12. The molecule has 3 aromatic rings. The molecule has 0 bridgehead atoms. The molecule has 1 amide bonds. The minimum Gasteiger partial charge on any atom is -0.325 e. The zero-order valence-corrected chi connectivity index (χ0v) is 13.9. The third-order valence-corrected chi connectivity index (χ3v) is 3.70. The summed E-state index contributed by atoms with van der Waals surface area (Å²) in [6, 6.07) is 8.98. The Morgan fingerprint density at radius 1 is 1.28 bits per heavy atom. The molecule has 128 valence electrons. The quantitative estimate of drug-likeness (QED) is 0.718. The first kappa shape index (κ1) is 16.5. The van der Waals surface area contributed by atoms with Crippen molar-refractivity contribution in [1.82, 2.24) is 30.2 Å². The third-order valence-electron chi connectivity index (χ3n) is 3.70. The third kappa shape index (κ3) is 3.77. The van der Waals surface area contributed by atoms with E-state index in [9.17, 15) is 9.59 Å². The number of nitrogens with zero attached hydrogens (tertiary/aromatic N) is 5. The number of nitrogens with one attached hydrogen (secondary N) is 2. The number of carbonyl (C=O) groups excluding carboxylic acids is 1. The number of carbonyl (C=O) groups is 1. The van der Waals surface area contributed by atoms with Crippen molar-refractivity contribution in [1.29, 1.82) is 0 Å². The molecule has 0 atom stereocenters. The average Bonchev–Trinajstić information content (AvgIpc) is 3.08. The van der Waals surface area contributed by atoms with Crippen molar-refractivity contribution in [2.24, 2.45) is 0 Å². The second kappa shape index (κ2) is 7.04. The van der Waals surface area contributed by atoms with E-state index >= 15 is 0 Å². The topological polar surface area (TPSA) is 118 Å². The molecule has 0 aliphatic carbocycles. The number of aryl methyl sites for hydroxylation is 2. The van der Waals surface area contributed by atoms with Gasteiger partial charge in [0.05, 0.1) is 5.69 Å². The van der Waals surface area contributed by atoms with Crippen LogP contribution in [0.25, 0.3) is 11.4 Å². The van der Waals surface area contributed by atoms with Gasteiger partial charge >= 0.3 is 5.69 Å². The Bertz CT molecular complexity index is 947. The number of para-hydroxylation sites is 1. The Morgan fingerprint density at radius 3 is 2.80 bits per heavy atom. The van der Waals surface area contributed by atoms with E-state index in [4.69, 9.17) is 0 Å². The van der Waals surface area contributed by atoms with Crippen molar-refractivity contribution in [3.63, 3.8) is 0 Å². The fourth-order valence-corrected chi connectivity index (χ4v) is 2.54. The molecule has 1 aromatic carbocycles. The van der Waals surface area contributed by atoms with Crippen LogP contribution in [-0.4, -0.2) is 36.1 Å². The van der Waals surface area contributed by atoms with Gasteiger partial charge in [0.15, 0.2) is 0 Å². The number of amides is 1. The van der Waals surface area contributed by atoms with Gasteiger partial charge in [0.25, 0.3) is 0 Å². The fourth-order valence-electron chi connectivity index (χ4n) is 2.54. The van der Waals surface area contributed by atoms with E-state index in [1.807, 2.05) is 19.1 Å². The number of anilines is 1. The summed E-state index contributed by atoms with van der Waals surface area (Å²) in [5, 5.41) is 16.6. The molecule has 0 unspecified atom stereocenters. The summed E-state index contributed by atoms with van der Waals surface area (Å²) in [7, 11) is 0. The molecule has 9 nitrogen and oxygen atoms in total. The van der Waals surface area contributed by atoms with Crippen LogP contribution in [0.2, 0.25) is 0 Å². The van der Waals surface area contributed by atoms with Gasteiger partial charge in [0.2, 0.25) is 11.7 Å². The molecule has 3 rings (SSSR count). The van der Waals surface area contributed by atoms with Crippen LogP contribution in [0, 0.1) is 13.8 Å². The first-order valence-corrected chi connectivity index (χ1v) is 7.72. The summed E-state index contributed by atoms with van der Waals surface area (Å²) in [4.78, 5) is 28.1. The largest absolute Gasteiger partial charge is 0.347 e. The number of rotatable bonds is 5. The Morgan fingerprint density at radius 2 is 2.08 bits per heavy atom. The minimum absolute atomic E-state index is 0.145. The zero-order chi connectivity index (χ0) is 17.8. The van der Waals surface area contributed by atoms with Gasteiger partial charge in [-0.05, 0) is 37.3 Å². The number of benzene rings is 1. The predicted octanol–water partition coefficient (Wildman–Crippen LogP) is 1.07. The van der Waals surface area contributed by atoms with Gasteiger partial charge in [-0.25, -0.2) is 4.79 Å². The average molecular weight is 339 g/mol. The monoisotopic (exact) mass is 339 g/mol. The normalized spacial score (nSPS) is 10.6.